The monoisotopic (exact) mass is 302 g/mol. The summed E-state index contributed by atoms with van der Waals surface area (Å²) in [4.78, 5) is 4.72. The highest BCUT2D eigenvalue weighted by Gasteiger charge is 2.18. The minimum atomic E-state index is -0.439. The lowest BCUT2D eigenvalue weighted by Gasteiger charge is -2.18. The first kappa shape index (κ1) is 13.9. The van der Waals surface area contributed by atoms with Gasteiger partial charge in [-0.1, -0.05) is 24.4 Å². The highest BCUT2D eigenvalue weighted by atomic mass is 32.1. The van der Waals surface area contributed by atoms with E-state index in [1.54, 1.807) is 18.2 Å². The highest BCUT2D eigenvalue weighted by Crippen LogP contribution is 2.30. The van der Waals surface area contributed by atoms with Gasteiger partial charge in [-0.15, -0.1) is 0 Å². The first-order valence-corrected chi connectivity index (χ1v) is 7.31. The minimum Gasteiger partial charge on any atom is -0.435 e. The van der Waals surface area contributed by atoms with Crippen molar-refractivity contribution in [3.8, 4) is 11.6 Å². The molecule has 1 aliphatic rings. The van der Waals surface area contributed by atoms with Crippen molar-refractivity contribution in [2.24, 2.45) is 5.73 Å². The van der Waals surface area contributed by atoms with Gasteiger partial charge in [0.1, 0.15) is 4.99 Å². The molecule has 0 spiro atoms. The van der Waals surface area contributed by atoms with E-state index in [0.717, 1.165) is 36.9 Å². The van der Waals surface area contributed by atoms with Crippen LogP contribution in [-0.4, -0.2) is 9.97 Å². The second-order valence-electron chi connectivity index (χ2n) is 5.05. The standard InChI is InChI=1S/C16H15FN2OS/c17-12-6-2-4-8-14(12)20-16-11(15(18)21)9-10-5-1-3-7-13(10)19-16/h2,4,6,8-9H,1,3,5,7H2,(H2,18,21). The molecule has 1 aromatic heterocycles. The third kappa shape index (κ3) is 2.88. The first-order chi connectivity index (χ1) is 10.1. The third-order valence-corrected chi connectivity index (χ3v) is 3.79. The average molecular weight is 302 g/mol. The number of halogens is 1. The fraction of sp³-hybridized carbons (Fsp3) is 0.250. The number of ether oxygens (including phenoxy) is 1. The molecule has 1 aliphatic carbocycles. The number of benzene rings is 1. The van der Waals surface area contributed by atoms with Crippen molar-refractivity contribution in [3.05, 3.63) is 53.0 Å². The van der Waals surface area contributed by atoms with E-state index in [4.69, 9.17) is 22.7 Å². The molecule has 0 saturated carbocycles. The van der Waals surface area contributed by atoms with E-state index in [1.165, 1.54) is 6.07 Å². The smallest absolute Gasteiger partial charge is 0.229 e. The molecule has 0 atom stereocenters. The van der Waals surface area contributed by atoms with E-state index < -0.39 is 5.82 Å². The number of thiocarbonyl (C=S) groups is 1. The summed E-state index contributed by atoms with van der Waals surface area (Å²) in [5, 5.41) is 0. The molecule has 0 bridgehead atoms. The van der Waals surface area contributed by atoms with Crippen molar-refractivity contribution < 1.29 is 9.13 Å². The average Bonchev–Trinajstić information content (AvgIpc) is 2.48. The number of rotatable bonds is 3. The maximum absolute atomic E-state index is 13.7. The third-order valence-electron chi connectivity index (χ3n) is 3.57. The number of nitrogens with two attached hydrogens (primary N) is 1. The van der Waals surface area contributed by atoms with Gasteiger partial charge in [0.05, 0.1) is 5.56 Å². The number of aryl methyl sites for hydroxylation is 2. The van der Waals surface area contributed by atoms with Crippen LogP contribution < -0.4 is 10.5 Å². The van der Waals surface area contributed by atoms with Crippen LogP contribution in [0.4, 0.5) is 4.39 Å². The van der Waals surface area contributed by atoms with Crippen LogP contribution in [0.1, 0.15) is 29.7 Å². The summed E-state index contributed by atoms with van der Waals surface area (Å²) in [6.07, 6.45) is 4.11. The van der Waals surface area contributed by atoms with Gasteiger partial charge in [-0.25, -0.2) is 9.37 Å². The van der Waals surface area contributed by atoms with Crippen molar-refractivity contribution in [2.45, 2.75) is 25.7 Å². The van der Waals surface area contributed by atoms with Crippen molar-refractivity contribution >= 4 is 17.2 Å². The minimum absolute atomic E-state index is 0.123. The molecule has 3 nitrogen and oxygen atoms in total. The molecule has 0 saturated heterocycles. The van der Waals surface area contributed by atoms with E-state index in [1.807, 2.05) is 6.07 Å². The Morgan fingerprint density at radius 1 is 1.24 bits per heavy atom. The molecular weight excluding hydrogens is 287 g/mol. The Balaban J connectivity index is 2.04. The lowest BCUT2D eigenvalue weighted by molar-refractivity contribution is 0.423. The zero-order valence-corrected chi connectivity index (χ0v) is 12.3. The van der Waals surface area contributed by atoms with Crippen molar-refractivity contribution in [1.82, 2.24) is 4.98 Å². The van der Waals surface area contributed by atoms with Crippen LogP contribution in [0.25, 0.3) is 0 Å². The van der Waals surface area contributed by atoms with Gasteiger partial charge in [0, 0.05) is 5.69 Å². The van der Waals surface area contributed by atoms with Crippen molar-refractivity contribution in [3.63, 3.8) is 0 Å². The molecule has 2 N–H and O–H groups in total. The summed E-state index contributed by atoms with van der Waals surface area (Å²) in [5.41, 5.74) is 8.47. The lowest BCUT2D eigenvalue weighted by atomic mass is 9.95. The number of pyridine rings is 1. The zero-order chi connectivity index (χ0) is 14.8. The Bertz CT molecular complexity index is 703. The summed E-state index contributed by atoms with van der Waals surface area (Å²) in [6.45, 7) is 0. The Labute approximate surface area is 128 Å². The largest absolute Gasteiger partial charge is 0.435 e. The van der Waals surface area contributed by atoms with Crippen molar-refractivity contribution in [1.29, 1.82) is 0 Å². The summed E-state index contributed by atoms with van der Waals surface area (Å²) >= 11 is 5.07. The van der Waals surface area contributed by atoms with E-state index in [2.05, 4.69) is 4.98 Å². The van der Waals surface area contributed by atoms with Crippen LogP contribution >= 0.6 is 12.2 Å². The molecular formula is C16H15FN2OS. The van der Waals surface area contributed by atoms with E-state index in [9.17, 15) is 4.39 Å². The molecule has 1 heterocycles. The molecule has 0 fully saturated rings. The number of nitrogens with zero attached hydrogens (tertiary/aromatic N) is 1. The number of aromatic nitrogens is 1. The molecule has 21 heavy (non-hydrogen) atoms. The van der Waals surface area contributed by atoms with Gasteiger partial charge in [-0.3, -0.25) is 0 Å². The van der Waals surface area contributed by atoms with Crippen LogP contribution in [0.2, 0.25) is 0 Å². The quantitative estimate of drug-likeness (QED) is 0.881. The van der Waals surface area contributed by atoms with Crippen LogP contribution in [0, 0.1) is 5.82 Å². The Hall–Kier alpha value is -2.01. The lowest BCUT2D eigenvalue weighted by Crippen LogP contribution is -2.15. The van der Waals surface area contributed by atoms with Crippen LogP contribution in [0.15, 0.2) is 30.3 Å². The topological polar surface area (TPSA) is 48.1 Å². The molecule has 2 aromatic rings. The molecule has 1 aromatic carbocycles. The van der Waals surface area contributed by atoms with Crippen LogP contribution in [0.3, 0.4) is 0 Å². The summed E-state index contributed by atoms with van der Waals surface area (Å²) < 4.78 is 19.3. The van der Waals surface area contributed by atoms with Crippen LogP contribution in [0.5, 0.6) is 11.6 Å². The van der Waals surface area contributed by atoms with Gasteiger partial charge < -0.3 is 10.5 Å². The molecule has 0 unspecified atom stereocenters. The van der Waals surface area contributed by atoms with Crippen molar-refractivity contribution in [2.75, 3.05) is 0 Å². The molecule has 108 valence electrons. The van der Waals surface area contributed by atoms with Gasteiger partial charge in [-0.2, -0.15) is 0 Å². The molecule has 0 amide bonds. The maximum atomic E-state index is 13.7. The second-order valence-corrected chi connectivity index (χ2v) is 5.49. The summed E-state index contributed by atoms with van der Waals surface area (Å²) in [7, 11) is 0. The number of hydrogen-bond donors (Lipinski definition) is 1. The number of fused-ring (bicyclic) bond motifs is 1. The van der Waals surface area contributed by atoms with E-state index in [0.29, 0.717) is 5.56 Å². The zero-order valence-electron chi connectivity index (χ0n) is 11.4. The SMILES string of the molecule is NC(=S)c1cc2c(nc1Oc1ccccc1F)CCCC2. The summed E-state index contributed by atoms with van der Waals surface area (Å²) in [5.74, 6) is -0.0302. The Morgan fingerprint density at radius 2 is 2.00 bits per heavy atom. The van der Waals surface area contributed by atoms with Gasteiger partial charge in [0.25, 0.3) is 0 Å². The summed E-state index contributed by atoms with van der Waals surface area (Å²) in [6, 6.07) is 8.14. The Kier molecular flexibility index (Phi) is 3.84. The maximum Gasteiger partial charge on any atom is 0.229 e. The highest BCUT2D eigenvalue weighted by molar-refractivity contribution is 7.80. The van der Waals surface area contributed by atoms with Gasteiger partial charge in [0.15, 0.2) is 11.6 Å². The molecule has 5 heteroatoms. The van der Waals surface area contributed by atoms with E-state index in [-0.39, 0.29) is 16.6 Å². The van der Waals surface area contributed by atoms with Gasteiger partial charge in [-0.05, 0) is 49.4 Å². The normalized spacial score (nSPS) is 13.6. The first-order valence-electron chi connectivity index (χ1n) is 6.90. The molecule has 0 aliphatic heterocycles. The Morgan fingerprint density at radius 3 is 2.76 bits per heavy atom. The molecule has 0 radical (unpaired) electrons. The molecule has 3 rings (SSSR count). The number of hydrogen-bond acceptors (Lipinski definition) is 3. The second kappa shape index (κ2) is 5.77. The van der Waals surface area contributed by atoms with Gasteiger partial charge >= 0.3 is 0 Å². The number of para-hydroxylation sites is 1. The fourth-order valence-electron chi connectivity index (χ4n) is 2.50. The van der Waals surface area contributed by atoms with E-state index >= 15 is 0 Å². The fourth-order valence-corrected chi connectivity index (χ4v) is 2.65. The predicted molar refractivity (Wildman–Crippen MR) is 83.2 cm³/mol. The predicted octanol–water partition coefficient (Wildman–Crippen LogP) is 3.53. The van der Waals surface area contributed by atoms with Gasteiger partial charge in [0.2, 0.25) is 5.88 Å². The van der Waals surface area contributed by atoms with Crippen LogP contribution in [-0.2, 0) is 12.8 Å².